The summed E-state index contributed by atoms with van der Waals surface area (Å²) < 4.78 is 34.2. The Bertz CT molecular complexity index is 716. The van der Waals surface area contributed by atoms with E-state index in [9.17, 15) is 13.2 Å². The minimum Gasteiger partial charge on any atom is -0.460 e. The Labute approximate surface area is 177 Å². The molecule has 0 spiro atoms. The van der Waals surface area contributed by atoms with Crippen molar-refractivity contribution in [2.75, 3.05) is 0 Å². The van der Waals surface area contributed by atoms with Gasteiger partial charge in [0.2, 0.25) is 10.0 Å². The SMILES string of the molecule is C=C(I)[C@@H](NS(=O)(=O)c1ccc(C)cc1)[C@H](CCCCCCC)OC(C)=O. The molecule has 0 aliphatic carbocycles. The Morgan fingerprint density at radius 3 is 2.30 bits per heavy atom. The lowest BCUT2D eigenvalue weighted by atomic mass is 10.0. The van der Waals surface area contributed by atoms with E-state index in [0.717, 1.165) is 31.2 Å². The number of nitrogens with one attached hydrogen (secondary N) is 1. The number of halogens is 1. The standard InChI is InChI=1S/C20H30INO4S/c1-5-6-7-8-9-10-19(26-17(4)23)20(16(3)21)22-27(24,25)18-13-11-15(2)12-14-18/h11-14,19-20,22H,3,5-10H2,1-2,4H3/t19-,20+/m0/s1. The molecule has 0 heterocycles. The van der Waals surface area contributed by atoms with Gasteiger partial charge in [0.05, 0.1) is 10.9 Å². The van der Waals surface area contributed by atoms with Crippen LogP contribution in [-0.4, -0.2) is 26.5 Å². The van der Waals surface area contributed by atoms with Crippen LogP contribution in [0.2, 0.25) is 0 Å². The largest absolute Gasteiger partial charge is 0.460 e. The monoisotopic (exact) mass is 507 g/mol. The maximum atomic E-state index is 12.8. The summed E-state index contributed by atoms with van der Waals surface area (Å²) in [6, 6.07) is 5.96. The number of benzene rings is 1. The lowest BCUT2D eigenvalue weighted by Crippen LogP contribution is -2.45. The predicted molar refractivity (Wildman–Crippen MR) is 117 cm³/mol. The van der Waals surface area contributed by atoms with Crippen molar-refractivity contribution in [3.05, 3.63) is 40.0 Å². The molecule has 2 atom stereocenters. The highest BCUT2D eigenvalue weighted by Crippen LogP contribution is 2.23. The van der Waals surface area contributed by atoms with Crippen LogP contribution in [0.3, 0.4) is 0 Å². The zero-order valence-corrected chi connectivity index (χ0v) is 19.3. The van der Waals surface area contributed by atoms with Gasteiger partial charge >= 0.3 is 5.97 Å². The minimum atomic E-state index is -3.75. The van der Waals surface area contributed by atoms with Gasteiger partial charge in [0, 0.05) is 10.5 Å². The molecule has 0 aromatic heterocycles. The van der Waals surface area contributed by atoms with Crippen LogP contribution >= 0.6 is 22.6 Å². The summed E-state index contributed by atoms with van der Waals surface area (Å²) in [4.78, 5) is 11.7. The molecule has 0 amide bonds. The van der Waals surface area contributed by atoms with E-state index >= 15 is 0 Å². The molecule has 0 unspecified atom stereocenters. The molecule has 5 nitrogen and oxygen atoms in total. The molecule has 27 heavy (non-hydrogen) atoms. The van der Waals surface area contributed by atoms with Crippen molar-refractivity contribution < 1.29 is 17.9 Å². The first-order valence-electron chi connectivity index (χ1n) is 9.28. The van der Waals surface area contributed by atoms with Crippen LogP contribution in [0.15, 0.2) is 39.3 Å². The summed E-state index contributed by atoms with van der Waals surface area (Å²) in [7, 11) is -3.75. The number of aryl methyl sites for hydroxylation is 1. The first-order valence-corrected chi connectivity index (χ1v) is 11.8. The zero-order valence-electron chi connectivity index (χ0n) is 16.3. The average Bonchev–Trinajstić information content (AvgIpc) is 2.58. The summed E-state index contributed by atoms with van der Waals surface area (Å²) in [6.45, 7) is 9.29. The fourth-order valence-electron chi connectivity index (χ4n) is 2.75. The van der Waals surface area contributed by atoms with Crippen LogP contribution < -0.4 is 4.72 Å². The normalized spacial score (nSPS) is 13.8. The molecule has 1 N–H and O–H groups in total. The van der Waals surface area contributed by atoms with E-state index in [1.165, 1.54) is 13.3 Å². The summed E-state index contributed by atoms with van der Waals surface area (Å²) in [5.74, 6) is -0.425. The van der Waals surface area contributed by atoms with Gasteiger partial charge in [-0.05, 0) is 54.5 Å². The Balaban J connectivity index is 2.93. The third-order valence-electron chi connectivity index (χ3n) is 4.23. The van der Waals surface area contributed by atoms with Gasteiger partial charge in [-0.3, -0.25) is 4.79 Å². The number of unbranched alkanes of at least 4 members (excludes halogenated alkanes) is 4. The summed E-state index contributed by atoms with van der Waals surface area (Å²) in [5.41, 5.74) is 0.980. The zero-order chi connectivity index (χ0) is 20.4. The maximum absolute atomic E-state index is 12.8. The van der Waals surface area contributed by atoms with Crippen molar-refractivity contribution >= 4 is 38.6 Å². The fourth-order valence-corrected chi connectivity index (χ4v) is 4.78. The number of esters is 1. The van der Waals surface area contributed by atoms with Gasteiger partial charge in [-0.15, -0.1) is 0 Å². The van der Waals surface area contributed by atoms with Crippen LogP contribution in [0.1, 0.15) is 57.9 Å². The third-order valence-corrected chi connectivity index (χ3v) is 6.36. The van der Waals surface area contributed by atoms with Gasteiger partial charge in [0.15, 0.2) is 0 Å². The quantitative estimate of drug-likeness (QED) is 0.249. The second kappa shape index (κ2) is 11.8. The molecule has 0 radical (unpaired) electrons. The summed E-state index contributed by atoms with van der Waals surface area (Å²) in [6.07, 6.45) is 5.34. The molecular formula is C20H30INO4S. The van der Waals surface area contributed by atoms with Crippen molar-refractivity contribution in [3.8, 4) is 0 Å². The van der Waals surface area contributed by atoms with Gasteiger partial charge in [-0.1, -0.05) is 56.9 Å². The van der Waals surface area contributed by atoms with Crippen molar-refractivity contribution in [3.63, 3.8) is 0 Å². The minimum absolute atomic E-state index is 0.181. The van der Waals surface area contributed by atoms with E-state index < -0.39 is 28.1 Å². The molecule has 0 saturated heterocycles. The van der Waals surface area contributed by atoms with Gasteiger partial charge in [0.25, 0.3) is 0 Å². The van der Waals surface area contributed by atoms with Crippen LogP contribution in [0.5, 0.6) is 0 Å². The predicted octanol–water partition coefficient (Wildman–Crippen LogP) is 4.88. The highest BCUT2D eigenvalue weighted by molar-refractivity contribution is 14.1. The first kappa shape index (κ1) is 24.1. The number of rotatable bonds is 12. The molecule has 7 heteroatoms. The van der Waals surface area contributed by atoms with Crippen molar-refractivity contribution in [2.45, 2.75) is 76.3 Å². The molecule has 152 valence electrons. The second-order valence-electron chi connectivity index (χ2n) is 6.71. The third kappa shape index (κ3) is 8.74. The Kier molecular flexibility index (Phi) is 10.5. The molecule has 1 rings (SSSR count). The number of ether oxygens (including phenoxy) is 1. The van der Waals surface area contributed by atoms with Gasteiger partial charge in [-0.25, -0.2) is 8.42 Å². The molecule has 0 saturated carbocycles. The highest BCUT2D eigenvalue weighted by atomic mass is 127. The fraction of sp³-hybridized carbons (Fsp3) is 0.550. The average molecular weight is 507 g/mol. The van der Waals surface area contributed by atoms with Crippen LogP contribution in [0.4, 0.5) is 0 Å². The lowest BCUT2D eigenvalue weighted by Gasteiger charge is -2.27. The Hall–Kier alpha value is -0.930. The Morgan fingerprint density at radius 2 is 1.78 bits per heavy atom. The van der Waals surface area contributed by atoms with Crippen molar-refractivity contribution in [2.24, 2.45) is 0 Å². The summed E-state index contributed by atoms with van der Waals surface area (Å²) >= 11 is 1.99. The number of carbonyl (C=O) groups excluding carboxylic acids is 1. The number of hydrogen-bond acceptors (Lipinski definition) is 4. The number of sulfonamides is 1. The van der Waals surface area contributed by atoms with Crippen LogP contribution in [-0.2, 0) is 19.6 Å². The molecule has 0 aliphatic heterocycles. The van der Waals surface area contributed by atoms with E-state index in [0.29, 0.717) is 10.0 Å². The van der Waals surface area contributed by atoms with E-state index in [1.54, 1.807) is 24.3 Å². The van der Waals surface area contributed by atoms with Crippen molar-refractivity contribution in [1.82, 2.24) is 4.72 Å². The van der Waals surface area contributed by atoms with E-state index in [-0.39, 0.29) is 4.90 Å². The first-order chi connectivity index (χ1) is 12.7. The second-order valence-corrected chi connectivity index (χ2v) is 9.81. The summed E-state index contributed by atoms with van der Waals surface area (Å²) in [5, 5.41) is 0. The van der Waals surface area contributed by atoms with Gasteiger partial charge in [-0.2, -0.15) is 4.72 Å². The van der Waals surface area contributed by atoms with Crippen molar-refractivity contribution in [1.29, 1.82) is 0 Å². The van der Waals surface area contributed by atoms with E-state index in [2.05, 4.69) is 18.2 Å². The highest BCUT2D eigenvalue weighted by Gasteiger charge is 2.30. The topological polar surface area (TPSA) is 72.5 Å². The molecule has 0 fully saturated rings. The van der Waals surface area contributed by atoms with Crippen LogP contribution in [0.25, 0.3) is 0 Å². The Morgan fingerprint density at radius 1 is 1.19 bits per heavy atom. The van der Waals surface area contributed by atoms with Gasteiger partial charge < -0.3 is 4.74 Å². The van der Waals surface area contributed by atoms with Gasteiger partial charge in [0.1, 0.15) is 6.10 Å². The number of hydrogen-bond donors (Lipinski definition) is 1. The molecule has 0 bridgehead atoms. The molecule has 0 aliphatic rings. The molecule has 1 aromatic carbocycles. The van der Waals surface area contributed by atoms with Crippen LogP contribution in [0, 0.1) is 6.92 Å². The smallest absolute Gasteiger partial charge is 0.302 e. The lowest BCUT2D eigenvalue weighted by molar-refractivity contribution is -0.147. The maximum Gasteiger partial charge on any atom is 0.302 e. The number of carbonyl (C=O) groups is 1. The van der Waals surface area contributed by atoms with E-state index in [4.69, 9.17) is 4.74 Å². The van der Waals surface area contributed by atoms with E-state index in [1.807, 2.05) is 29.5 Å². The molecule has 1 aromatic rings. The molecular weight excluding hydrogens is 477 g/mol.